The van der Waals surface area contributed by atoms with Gasteiger partial charge in [0.2, 0.25) is 0 Å². The molecule has 1 heterocycles. The molecule has 1 aromatic carbocycles. The van der Waals surface area contributed by atoms with Crippen molar-refractivity contribution >= 4 is 44.5 Å². The number of hydrogen-bond acceptors (Lipinski definition) is 3. The molecular weight excluding hydrogens is 445 g/mol. The Morgan fingerprint density at radius 2 is 2.00 bits per heavy atom. The van der Waals surface area contributed by atoms with Gasteiger partial charge in [-0.3, -0.25) is 4.90 Å². The Kier molecular flexibility index (Phi) is 4.77. The van der Waals surface area contributed by atoms with Crippen molar-refractivity contribution in [2.45, 2.75) is 51.3 Å². The van der Waals surface area contributed by atoms with Gasteiger partial charge in [0.15, 0.2) is 0 Å². The van der Waals surface area contributed by atoms with Crippen LogP contribution in [0.2, 0.25) is 0 Å². The average molecular weight is 466 g/mol. The van der Waals surface area contributed by atoms with E-state index in [0.29, 0.717) is 5.56 Å². The van der Waals surface area contributed by atoms with Crippen LogP contribution in [0.4, 0.5) is 0 Å². The van der Waals surface area contributed by atoms with E-state index in [0.717, 1.165) is 14.5 Å². The van der Waals surface area contributed by atoms with E-state index in [1.807, 2.05) is 18.2 Å². The number of benzene rings is 1. The van der Waals surface area contributed by atoms with Gasteiger partial charge in [-0.2, -0.15) is 0 Å². The second-order valence-electron chi connectivity index (χ2n) is 6.75. The molecule has 0 amide bonds. The van der Waals surface area contributed by atoms with Crippen molar-refractivity contribution in [2.75, 3.05) is 7.05 Å². The van der Waals surface area contributed by atoms with Crippen LogP contribution in [0.5, 0.6) is 0 Å². The number of rotatable bonds is 2. The highest BCUT2D eigenvalue weighted by molar-refractivity contribution is 14.1. The Hall–Kier alpha value is -0.140. The summed E-state index contributed by atoms with van der Waals surface area (Å²) >= 11 is 5.57. The molecule has 1 unspecified atom stereocenters. The molecule has 5 heteroatoms. The van der Waals surface area contributed by atoms with Gasteiger partial charge in [0, 0.05) is 20.0 Å². The van der Waals surface area contributed by atoms with Crippen molar-refractivity contribution in [2.24, 2.45) is 0 Å². The number of esters is 1. The molecule has 116 valence electrons. The Balaban J connectivity index is 2.22. The number of likely N-dealkylation sites (tertiary alicyclic amines) is 1. The molecule has 1 aliphatic heterocycles. The highest BCUT2D eigenvalue weighted by atomic mass is 127. The molecule has 0 N–H and O–H groups in total. The Bertz CT molecular complexity index is 571. The molecule has 0 bridgehead atoms. The Morgan fingerprint density at radius 3 is 2.52 bits per heavy atom. The zero-order chi connectivity index (χ0) is 16.0. The molecule has 0 radical (unpaired) electrons. The molecule has 1 atom stereocenters. The Morgan fingerprint density at radius 1 is 1.38 bits per heavy atom. The van der Waals surface area contributed by atoms with E-state index < -0.39 is 0 Å². The van der Waals surface area contributed by atoms with Crippen molar-refractivity contribution < 1.29 is 9.53 Å². The fourth-order valence-electron chi connectivity index (χ4n) is 2.87. The smallest absolute Gasteiger partial charge is 0.339 e. The second-order valence-corrected chi connectivity index (χ2v) is 8.83. The minimum atomic E-state index is -0.245. The average Bonchev–Trinajstić information content (AvgIpc) is 2.53. The third-order valence-electron chi connectivity index (χ3n) is 4.64. The largest absolute Gasteiger partial charge is 0.457 e. The van der Waals surface area contributed by atoms with Crippen LogP contribution in [0.3, 0.4) is 0 Å². The number of hydrogen-bond donors (Lipinski definition) is 0. The standard InChI is InChI=1S/C16H21BrINO2/c1-15(2)9-13(16(3,4)19(15)5)21-14(20)11-8-10(17)6-7-12(11)18/h6-8,13H,9H2,1-5H3. The number of nitrogens with zero attached hydrogens (tertiary/aromatic N) is 1. The molecule has 0 spiro atoms. The minimum absolute atomic E-state index is 0.0267. The van der Waals surface area contributed by atoms with Crippen LogP contribution in [0, 0.1) is 3.57 Å². The van der Waals surface area contributed by atoms with Gasteiger partial charge in [0.1, 0.15) is 6.10 Å². The van der Waals surface area contributed by atoms with Gasteiger partial charge in [-0.25, -0.2) is 4.79 Å². The SMILES string of the molecule is CN1C(C)(C)CC(OC(=O)c2cc(Br)ccc2I)C1(C)C. The van der Waals surface area contributed by atoms with E-state index in [4.69, 9.17) is 4.74 Å². The summed E-state index contributed by atoms with van der Waals surface area (Å²) in [6.07, 6.45) is 0.729. The molecule has 1 saturated heterocycles. The van der Waals surface area contributed by atoms with Crippen LogP contribution < -0.4 is 0 Å². The van der Waals surface area contributed by atoms with Crippen molar-refractivity contribution in [3.63, 3.8) is 0 Å². The fourth-order valence-corrected chi connectivity index (χ4v) is 3.79. The van der Waals surface area contributed by atoms with Crippen LogP contribution in [0.1, 0.15) is 44.5 Å². The summed E-state index contributed by atoms with van der Waals surface area (Å²) in [4.78, 5) is 14.8. The molecule has 0 aliphatic carbocycles. The predicted molar refractivity (Wildman–Crippen MR) is 96.6 cm³/mol. The lowest BCUT2D eigenvalue weighted by Crippen LogP contribution is -2.48. The van der Waals surface area contributed by atoms with Crippen molar-refractivity contribution in [1.29, 1.82) is 0 Å². The first-order valence-electron chi connectivity index (χ1n) is 6.95. The van der Waals surface area contributed by atoms with Gasteiger partial charge in [0.25, 0.3) is 0 Å². The summed E-state index contributed by atoms with van der Waals surface area (Å²) in [5, 5.41) is 0. The van der Waals surface area contributed by atoms with E-state index >= 15 is 0 Å². The van der Waals surface area contributed by atoms with E-state index in [1.54, 1.807) is 0 Å². The van der Waals surface area contributed by atoms with Gasteiger partial charge < -0.3 is 4.74 Å². The third kappa shape index (κ3) is 3.29. The van der Waals surface area contributed by atoms with E-state index in [-0.39, 0.29) is 23.2 Å². The normalized spacial score (nSPS) is 24.0. The molecular formula is C16H21BrINO2. The summed E-state index contributed by atoms with van der Waals surface area (Å²) in [5.41, 5.74) is 0.475. The van der Waals surface area contributed by atoms with Crippen LogP contribution in [-0.4, -0.2) is 35.1 Å². The Labute approximate surface area is 148 Å². The van der Waals surface area contributed by atoms with Crippen LogP contribution in [0.25, 0.3) is 0 Å². The molecule has 0 saturated carbocycles. The van der Waals surface area contributed by atoms with E-state index in [9.17, 15) is 4.79 Å². The van der Waals surface area contributed by atoms with Gasteiger partial charge in [-0.05, 0) is 75.5 Å². The highest BCUT2D eigenvalue weighted by Crippen LogP contribution is 2.41. The second kappa shape index (κ2) is 5.81. The first-order chi connectivity index (χ1) is 9.55. The highest BCUT2D eigenvalue weighted by Gasteiger charge is 2.51. The van der Waals surface area contributed by atoms with Gasteiger partial charge in [0.05, 0.1) is 11.1 Å². The molecule has 3 nitrogen and oxygen atoms in total. The summed E-state index contributed by atoms with van der Waals surface area (Å²) < 4.78 is 7.64. The maximum absolute atomic E-state index is 12.5. The minimum Gasteiger partial charge on any atom is -0.457 e. The van der Waals surface area contributed by atoms with Crippen LogP contribution in [0.15, 0.2) is 22.7 Å². The number of carbonyl (C=O) groups excluding carboxylic acids is 1. The first kappa shape index (κ1) is 17.2. The first-order valence-corrected chi connectivity index (χ1v) is 8.83. The van der Waals surface area contributed by atoms with Crippen molar-refractivity contribution in [3.05, 3.63) is 31.8 Å². The van der Waals surface area contributed by atoms with E-state index in [2.05, 4.69) is 78.2 Å². The zero-order valence-corrected chi connectivity index (χ0v) is 16.8. The van der Waals surface area contributed by atoms with Crippen molar-refractivity contribution in [3.8, 4) is 0 Å². The number of likely N-dealkylation sites (N-methyl/N-ethyl adjacent to an activating group) is 1. The monoisotopic (exact) mass is 465 g/mol. The fraction of sp³-hybridized carbons (Fsp3) is 0.562. The topological polar surface area (TPSA) is 29.5 Å². The number of carbonyl (C=O) groups is 1. The summed E-state index contributed by atoms with van der Waals surface area (Å²) in [6, 6.07) is 5.66. The zero-order valence-electron chi connectivity index (χ0n) is 13.0. The quantitative estimate of drug-likeness (QED) is 0.476. The van der Waals surface area contributed by atoms with Crippen molar-refractivity contribution in [1.82, 2.24) is 4.90 Å². The lowest BCUT2D eigenvalue weighted by atomic mass is 9.97. The molecule has 21 heavy (non-hydrogen) atoms. The molecule has 0 aromatic heterocycles. The van der Waals surface area contributed by atoms with Gasteiger partial charge in [-0.1, -0.05) is 15.9 Å². The molecule has 1 aliphatic rings. The predicted octanol–water partition coefficient (Wildman–Crippen LogP) is 4.47. The lowest BCUT2D eigenvalue weighted by Gasteiger charge is -2.37. The summed E-state index contributed by atoms with van der Waals surface area (Å²) in [7, 11) is 2.09. The molecule has 2 rings (SSSR count). The molecule has 1 fully saturated rings. The van der Waals surface area contributed by atoms with E-state index in [1.165, 1.54) is 0 Å². The maximum Gasteiger partial charge on any atom is 0.339 e. The van der Waals surface area contributed by atoms with Gasteiger partial charge in [-0.15, -0.1) is 0 Å². The third-order valence-corrected chi connectivity index (χ3v) is 6.08. The number of ether oxygens (including phenoxy) is 1. The lowest BCUT2D eigenvalue weighted by molar-refractivity contribution is 0.00146. The van der Waals surface area contributed by atoms with Gasteiger partial charge >= 0.3 is 5.97 Å². The molecule has 1 aromatic rings. The summed E-state index contributed by atoms with van der Waals surface area (Å²) in [6.45, 7) is 8.63. The van der Waals surface area contributed by atoms with Crippen LogP contribution >= 0.6 is 38.5 Å². The maximum atomic E-state index is 12.5. The summed E-state index contributed by atoms with van der Waals surface area (Å²) in [5.74, 6) is -0.245. The van der Waals surface area contributed by atoms with Crippen LogP contribution in [-0.2, 0) is 4.74 Å². The number of halogens is 2.